The first-order valence-electron chi connectivity index (χ1n) is 6.53. The van der Waals surface area contributed by atoms with E-state index in [0.717, 1.165) is 10.0 Å². The molecule has 0 unspecified atom stereocenters. The Kier molecular flexibility index (Phi) is 3.70. The van der Waals surface area contributed by atoms with Crippen molar-refractivity contribution < 1.29 is 13.9 Å². The van der Waals surface area contributed by atoms with Crippen LogP contribution in [-0.4, -0.2) is 22.5 Å². The Labute approximate surface area is 134 Å². The third-order valence-corrected chi connectivity index (χ3v) is 4.23. The van der Waals surface area contributed by atoms with Gasteiger partial charge in [-0.05, 0) is 58.7 Å². The van der Waals surface area contributed by atoms with Crippen LogP contribution in [0.15, 0.2) is 41.0 Å². The van der Waals surface area contributed by atoms with Crippen LogP contribution in [-0.2, 0) is 4.74 Å². The van der Waals surface area contributed by atoms with Crippen molar-refractivity contribution in [3.8, 4) is 11.3 Å². The summed E-state index contributed by atoms with van der Waals surface area (Å²) < 4.78 is 20.5. The zero-order chi connectivity index (χ0) is 15.9. The number of pyridine rings is 1. The summed E-state index contributed by atoms with van der Waals surface area (Å²) >= 11 is 3.45. The molecule has 0 aliphatic heterocycles. The molecule has 0 spiro atoms. The number of halogens is 2. The number of ether oxygens (including phenoxy) is 1. The molecule has 2 heterocycles. The SMILES string of the molecule is COC(=O)c1c(-c2ccc(F)cc2)nc2cc(C)c(Br)cn12. The minimum Gasteiger partial charge on any atom is -0.464 e. The first kappa shape index (κ1) is 14.7. The van der Waals surface area contributed by atoms with Crippen LogP contribution < -0.4 is 0 Å². The summed E-state index contributed by atoms with van der Waals surface area (Å²) in [6.45, 7) is 1.94. The van der Waals surface area contributed by atoms with Gasteiger partial charge in [-0.2, -0.15) is 0 Å². The minimum atomic E-state index is -0.498. The molecule has 2 aromatic heterocycles. The van der Waals surface area contributed by atoms with E-state index < -0.39 is 5.97 Å². The van der Waals surface area contributed by atoms with Gasteiger partial charge in [0.1, 0.15) is 17.2 Å². The Morgan fingerprint density at radius 3 is 2.64 bits per heavy atom. The lowest BCUT2D eigenvalue weighted by Crippen LogP contribution is -2.07. The number of carbonyl (C=O) groups is 1. The van der Waals surface area contributed by atoms with Crippen molar-refractivity contribution in [1.82, 2.24) is 9.38 Å². The molecule has 22 heavy (non-hydrogen) atoms. The molecule has 0 N–H and O–H groups in total. The van der Waals surface area contributed by atoms with Crippen molar-refractivity contribution in [2.45, 2.75) is 6.92 Å². The number of aromatic nitrogens is 2. The third kappa shape index (κ3) is 2.39. The molecule has 1 aromatic carbocycles. The topological polar surface area (TPSA) is 43.6 Å². The summed E-state index contributed by atoms with van der Waals surface area (Å²) in [6.07, 6.45) is 1.77. The van der Waals surface area contributed by atoms with Gasteiger partial charge in [0.25, 0.3) is 0 Å². The van der Waals surface area contributed by atoms with Gasteiger partial charge in [0, 0.05) is 16.2 Å². The van der Waals surface area contributed by atoms with Crippen molar-refractivity contribution in [3.63, 3.8) is 0 Å². The maximum atomic E-state index is 13.1. The second kappa shape index (κ2) is 5.53. The molecule has 0 aliphatic rings. The molecular weight excluding hydrogens is 351 g/mol. The van der Waals surface area contributed by atoms with Gasteiger partial charge < -0.3 is 4.74 Å². The number of benzene rings is 1. The van der Waals surface area contributed by atoms with Crippen LogP contribution >= 0.6 is 15.9 Å². The Hall–Kier alpha value is -2.21. The van der Waals surface area contributed by atoms with E-state index in [2.05, 4.69) is 20.9 Å². The van der Waals surface area contributed by atoms with Gasteiger partial charge in [0.05, 0.1) is 7.11 Å². The van der Waals surface area contributed by atoms with Gasteiger partial charge >= 0.3 is 5.97 Å². The van der Waals surface area contributed by atoms with Gasteiger partial charge in [0.15, 0.2) is 5.69 Å². The van der Waals surface area contributed by atoms with Crippen LogP contribution in [0.25, 0.3) is 16.9 Å². The highest BCUT2D eigenvalue weighted by Crippen LogP contribution is 2.28. The number of carbonyl (C=O) groups excluding carboxylic acids is 1. The molecule has 0 aliphatic carbocycles. The van der Waals surface area contributed by atoms with E-state index in [1.165, 1.54) is 19.2 Å². The molecule has 0 atom stereocenters. The summed E-state index contributed by atoms with van der Waals surface area (Å²) in [5, 5.41) is 0. The number of rotatable bonds is 2. The number of fused-ring (bicyclic) bond motifs is 1. The highest BCUT2D eigenvalue weighted by atomic mass is 79.9. The highest BCUT2D eigenvalue weighted by molar-refractivity contribution is 9.10. The van der Waals surface area contributed by atoms with E-state index in [1.54, 1.807) is 22.7 Å². The quantitative estimate of drug-likeness (QED) is 0.647. The lowest BCUT2D eigenvalue weighted by Gasteiger charge is -2.04. The van der Waals surface area contributed by atoms with Crippen LogP contribution in [0.3, 0.4) is 0 Å². The van der Waals surface area contributed by atoms with Crippen molar-refractivity contribution in [2.75, 3.05) is 7.11 Å². The smallest absolute Gasteiger partial charge is 0.357 e. The molecular formula is C16H12BrFN2O2. The summed E-state index contributed by atoms with van der Waals surface area (Å²) in [5.41, 5.74) is 3.05. The first-order chi connectivity index (χ1) is 10.5. The van der Waals surface area contributed by atoms with Crippen LogP contribution in [0.4, 0.5) is 4.39 Å². The van der Waals surface area contributed by atoms with Gasteiger partial charge in [-0.15, -0.1) is 0 Å². The molecule has 3 rings (SSSR count). The van der Waals surface area contributed by atoms with Crippen molar-refractivity contribution in [2.24, 2.45) is 0 Å². The number of nitrogens with zero attached hydrogens (tertiary/aromatic N) is 2. The number of hydrogen-bond acceptors (Lipinski definition) is 3. The first-order valence-corrected chi connectivity index (χ1v) is 7.33. The number of methoxy groups -OCH3 is 1. The second-order valence-corrected chi connectivity index (χ2v) is 5.69. The standard InChI is InChI=1S/C16H12BrFN2O2/c1-9-7-13-19-14(10-3-5-11(18)6-4-10)15(16(21)22-2)20(13)8-12(9)17/h3-8H,1-2H3. The van der Waals surface area contributed by atoms with Gasteiger partial charge in [-0.1, -0.05) is 0 Å². The monoisotopic (exact) mass is 362 g/mol. The van der Waals surface area contributed by atoms with Crippen LogP contribution in [0.2, 0.25) is 0 Å². The summed E-state index contributed by atoms with van der Waals surface area (Å²) in [6, 6.07) is 7.71. The predicted octanol–water partition coefficient (Wildman–Crippen LogP) is 4.00. The van der Waals surface area contributed by atoms with Crippen molar-refractivity contribution in [1.29, 1.82) is 0 Å². The Balaban J connectivity index is 2.33. The zero-order valence-corrected chi connectivity index (χ0v) is 13.5. The van der Waals surface area contributed by atoms with E-state index in [1.807, 2.05) is 13.0 Å². The lowest BCUT2D eigenvalue weighted by atomic mass is 10.1. The van der Waals surface area contributed by atoms with Gasteiger partial charge in [0.2, 0.25) is 0 Å². The molecule has 112 valence electrons. The number of hydrogen-bond donors (Lipinski definition) is 0. The zero-order valence-electron chi connectivity index (χ0n) is 11.9. The fourth-order valence-electron chi connectivity index (χ4n) is 2.26. The van der Waals surface area contributed by atoms with Gasteiger partial charge in [-0.25, -0.2) is 14.2 Å². The molecule has 0 amide bonds. The number of imidazole rings is 1. The largest absolute Gasteiger partial charge is 0.464 e. The van der Waals surface area contributed by atoms with Crippen LogP contribution in [0, 0.1) is 12.7 Å². The Morgan fingerprint density at radius 2 is 2.00 bits per heavy atom. The molecule has 0 bridgehead atoms. The second-order valence-electron chi connectivity index (χ2n) is 4.84. The van der Waals surface area contributed by atoms with Gasteiger partial charge in [-0.3, -0.25) is 4.40 Å². The average Bonchev–Trinajstić information content (AvgIpc) is 2.86. The van der Waals surface area contributed by atoms with E-state index in [9.17, 15) is 9.18 Å². The molecule has 0 saturated carbocycles. The van der Waals surface area contributed by atoms with Crippen LogP contribution in [0.5, 0.6) is 0 Å². The average molecular weight is 363 g/mol. The fraction of sp³-hybridized carbons (Fsp3) is 0.125. The molecule has 0 saturated heterocycles. The lowest BCUT2D eigenvalue weighted by molar-refractivity contribution is 0.0594. The third-order valence-electron chi connectivity index (χ3n) is 3.40. The minimum absolute atomic E-state index is 0.310. The molecule has 6 heteroatoms. The molecule has 4 nitrogen and oxygen atoms in total. The van der Waals surface area contributed by atoms with E-state index >= 15 is 0 Å². The maximum Gasteiger partial charge on any atom is 0.357 e. The maximum absolute atomic E-state index is 13.1. The Bertz CT molecular complexity index is 872. The predicted molar refractivity (Wildman–Crippen MR) is 84.4 cm³/mol. The number of aryl methyl sites for hydroxylation is 1. The van der Waals surface area contributed by atoms with Crippen molar-refractivity contribution >= 4 is 27.5 Å². The molecule has 3 aromatic rings. The van der Waals surface area contributed by atoms with Crippen LogP contribution in [0.1, 0.15) is 16.1 Å². The Morgan fingerprint density at radius 1 is 1.32 bits per heavy atom. The van der Waals surface area contributed by atoms with E-state index in [4.69, 9.17) is 4.74 Å². The molecule has 0 radical (unpaired) electrons. The van der Waals surface area contributed by atoms with E-state index in [0.29, 0.717) is 22.6 Å². The summed E-state index contributed by atoms with van der Waals surface area (Å²) in [4.78, 5) is 16.7. The van der Waals surface area contributed by atoms with E-state index in [-0.39, 0.29) is 5.82 Å². The number of esters is 1. The summed E-state index contributed by atoms with van der Waals surface area (Å²) in [5.74, 6) is -0.840. The normalized spacial score (nSPS) is 10.9. The fourth-order valence-corrected chi connectivity index (χ4v) is 2.58. The molecule has 0 fully saturated rings. The summed E-state index contributed by atoms with van der Waals surface area (Å²) in [7, 11) is 1.32. The highest BCUT2D eigenvalue weighted by Gasteiger charge is 2.21. The van der Waals surface area contributed by atoms with Crippen molar-refractivity contribution in [3.05, 3.63) is 58.1 Å².